The smallest absolute Gasteiger partial charge is 0.231 e. The van der Waals surface area contributed by atoms with Gasteiger partial charge in [-0.25, -0.2) is 9.66 Å². The van der Waals surface area contributed by atoms with Gasteiger partial charge in [-0.1, -0.05) is 13.8 Å². The Bertz CT molecular complexity index is 655. The number of nitrogens with zero attached hydrogens (tertiary/aromatic N) is 2. The van der Waals surface area contributed by atoms with E-state index in [0.717, 1.165) is 28.9 Å². The summed E-state index contributed by atoms with van der Waals surface area (Å²) < 4.78 is 7.10. The highest BCUT2D eigenvalue weighted by Crippen LogP contribution is 2.41. The summed E-state index contributed by atoms with van der Waals surface area (Å²) in [6.45, 7) is 4.41. The first-order chi connectivity index (χ1) is 7.98. The van der Waals surface area contributed by atoms with Crippen molar-refractivity contribution in [2.24, 2.45) is 0 Å². The van der Waals surface area contributed by atoms with Crippen molar-refractivity contribution in [2.45, 2.75) is 30.8 Å². The van der Waals surface area contributed by atoms with Gasteiger partial charge in [0.15, 0.2) is 5.49 Å². The van der Waals surface area contributed by atoms with E-state index in [9.17, 15) is 0 Å². The van der Waals surface area contributed by atoms with Crippen molar-refractivity contribution in [2.75, 3.05) is 5.84 Å². The number of nitrogens with two attached hydrogens (primary N) is 1. The van der Waals surface area contributed by atoms with Gasteiger partial charge >= 0.3 is 0 Å². The molecule has 5 nitrogen and oxygen atoms in total. The van der Waals surface area contributed by atoms with Crippen molar-refractivity contribution in [3.05, 3.63) is 23.1 Å². The van der Waals surface area contributed by atoms with Crippen molar-refractivity contribution in [3.63, 3.8) is 0 Å². The largest absolute Gasteiger partial charge is 0.441 e. The lowest BCUT2D eigenvalue weighted by atomic mass is 10.00. The fraction of sp³-hybridized carbons (Fsp3) is 0.455. The number of aromatic nitrogens is 2. The zero-order valence-electron chi connectivity index (χ0n) is 9.78. The molecule has 3 heterocycles. The van der Waals surface area contributed by atoms with Crippen LogP contribution in [0.15, 0.2) is 10.7 Å². The number of hydrogen-bond donors (Lipinski definition) is 2. The molecule has 17 heavy (non-hydrogen) atoms. The van der Waals surface area contributed by atoms with Crippen molar-refractivity contribution < 1.29 is 4.42 Å². The first kappa shape index (κ1) is 10.7. The molecule has 0 radical (unpaired) electrons. The highest BCUT2D eigenvalue weighted by molar-refractivity contribution is 7.99. The van der Waals surface area contributed by atoms with E-state index in [1.807, 2.05) is 11.8 Å². The third kappa shape index (κ3) is 1.55. The standard InChI is InChI=1S/C11H14N4OS/c1-11(2)3-6-7(4-17-11)16-10-8(6)9(12)15(13)5-14-10/h5,12H,3-4,13H2,1-2H3. The Hall–Kier alpha value is -1.43. The molecule has 2 aromatic heterocycles. The molecule has 0 spiro atoms. The van der Waals surface area contributed by atoms with E-state index in [-0.39, 0.29) is 10.2 Å². The number of nitrogen functional groups attached to an aromatic ring is 1. The lowest BCUT2D eigenvalue weighted by Crippen LogP contribution is -2.29. The number of fused-ring (bicyclic) bond motifs is 3. The van der Waals surface area contributed by atoms with Crippen molar-refractivity contribution in [3.8, 4) is 0 Å². The Kier molecular flexibility index (Phi) is 2.07. The quantitative estimate of drug-likeness (QED) is 0.692. The Labute approximate surface area is 102 Å². The van der Waals surface area contributed by atoms with Crippen LogP contribution in [-0.2, 0) is 12.2 Å². The van der Waals surface area contributed by atoms with Crippen molar-refractivity contribution in [1.82, 2.24) is 9.66 Å². The van der Waals surface area contributed by atoms with Crippen LogP contribution in [0.3, 0.4) is 0 Å². The van der Waals surface area contributed by atoms with Crippen LogP contribution in [0, 0.1) is 5.41 Å². The molecule has 0 saturated carbocycles. The second-order valence-corrected chi connectivity index (χ2v) is 6.59. The maximum Gasteiger partial charge on any atom is 0.231 e. The summed E-state index contributed by atoms with van der Waals surface area (Å²) in [4.78, 5) is 4.14. The highest BCUT2D eigenvalue weighted by atomic mass is 32.2. The van der Waals surface area contributed by atoms with Gasteiger partial charge in [-0.2, -0.15) is 0 Å². The summed E-state index contributed by atoms with van der Waals surface area (Å²) in [7, 11) is 0. The summed E-state index contributed by atoms with van der Waals surface area (Å²) in [6, 6.07) is 0. The van der Waals surface area contributed by atoms with Gasteiger partial charge < -0.3 is 10.3 Å². The topological polar surface area (TPSA) is 80.8 Å². The van der Waals surface area contributed by atoms with E-state index >= 15 is 0 Å². The monoisotopic (exact) mass is 250 g/mol. The Morgan fingerprint density at radius 1 is 1.59 bits per heavy atom. The van der Waals surface area contributed by atoms with Crippen LogP contribution in [0.5, 0.6) is 0 Å². The number of furan rings is 1. The number of nitrogens with one attached hydrogen (secondary N) is 1. The predicted octanol–water partition coefficient (Wildman–Crippen LogP) is 1.39. The van der Waals surface area contributed by atoms with E-state index in [2.05, 4.69) is 18.8 Å². The summed E-state index contributed by atoms with van der Waals surface area (Å²) in [6.07, 6.45) is 2.30. The Balaban J connectivity index is 2.34. The van der Waals surface area contributed by atoms with Gasteiger partial charge in [-0.3, -0.25) is 5.41 Å². The molecule has 3 N–H and O–H groups in total. The molecule has 0 fully saturated rings. The van der Waals surface area contributed by atoms with E-state index in [4.69, 9.17) is 15.7 Å². The molecule has 0 atom stereocenters. The molecule has 0 bridgehead atoms. The van der Waals surface area contributed by atoms with Gasteiger partial charge in [0, 0.05) is 10.3 Å². The first-order valence-electron chi connectivity index (χ1n) is 5.43. The molecule has 0 saturated heterocycles. The fourth-order valence-electron chi connectivity index (χ4n) is 2.18. The molecule has 3 rings (SSSR count). The Morgan fingerprint density at radius 3 is 3.12 bits per heavy atom. The van der Waals surface area contributed by atoms with Crippen LogP contribution in [0.1, 0.15) is 25.2 Å². The highest BCUT2D eigenvalue weighted by Gasteiger charge is 2.31. The van der Waals surface area contributed by atoms with Crippen LogP contribution >= 0.6 is 11.8 Å². The minimum Gasteiger partial charge on any atom is -0.441 e. The van der Waals surface area contributed by atoms with Crippen LogP contribution in [0.25, 0.3) is 11.1 Å². The van der Waals surface area contributed by atoms with Gasteiger partial charge in [0.05, 0.1) is 11.1 Å². The maximum absolute atomic E-state index is 8.01. The van der Waals surface area contributed by atoms with Gasteiger partial charge in [0.2, 0.25) is 5.71 Å². The van der Waals surface area contributed by atoms with Gasteiger partial charge in [0.1, 0.15) is 12.1 Å². The second-order valence-electron chi connectivity index (χ2n) is 4.91. The van der Waals surface area contributed by atoms with Crippen LogP contribution < -0.4 is 11.3 Å². The van der Waals surface area contributed by atoms with Crippen LogP contribution in [0.2, 0.25) is 0 Å². The van der Waals surface area contributed by atoms with Crippen LogP contribution in [-0.4, -0.2) is 14.4 Å². The Morgan fingerprint density at radius 2 is 2.35 bits per heavy atom. The molecular formula is C11H14N4OS. The van der Waals surface area contributed by atoms with Crippen LogP contribution in [0.4, 0.5) is 0 Å². The first-order valence-corrected chi connectivity index (χ1v) is 6.42. The molecule has 2 aromatic rings. The molecule has 1 aliphatic rings. The normalized spacial score (nSPS) is 18.2. The van der Waals surface area contributed by atoms with E-state index in [1.54, 1.807) is 0 Å². The summed E-state index contributed by atoms with van der Waals surface area (Å²) in [5, 5.41) is 8.77. The molecule has 6 heteroatoms. The number of hydrogen-bond acceptors (Lipinski definition) is 5. The lowest BCUT2D eigenvalue weighted by molar-refractivity contribution is 0.542. The summed E-state index contributed by atoms with van der Waals surface area (Å²) in [5.41, 5.74) is 1.89. The van der Waals surface area contributed by atoms with Crippen molar-refractivity contribution in [1.29, 1.82) is 5.41 Å². The number of thioether (sulfide) groups is 1. The molecule has 0 aromatic carbocycles. The molecule has 0 unspecified atom stereocenters. The SMILES string of the molecule is CC1(C)Cc2c(oc3ncn(N)c(=N)c23)CS1. The number of rotatable bonds is 0. The molecule has 0 amide bonds. The predicted molar refractivity (Wildman–Crippen MR) is 67.1 cm³/mol. The van der Waals surface area contributed by atoms with Gasteiger partial charge in [-0.05, 0) is 6.42 Å². The third-order valence-corrected chi connectivity index (χ3v) is 4.40. The average molecular weight is 250 g/mol. The summed E-state index contributed by atoms with van der Waals surface area (Å²) >= 11 is 1.87. The van der Waals surface area contributed by atoms with Gasteiger partial charge in [-0.15, -0.1) is 11.8 Å². The minimum absolute atomic E-state index is 0.172. The third-order valence-electron chi connectivity index (χ3n) is 3.06. The fourth-order valence-corrected chi connectivity index (χ4v) is 3.18. The van der Waals surface area contributed by atoms with Crippen molar-refractivity contribution >= 4 is 22.9 Å². The van der Waals surface area contributed by atoms with Gasteiger partial charge in [0.25, 0.3) is 0 Å². The zero-order chi connectivity index (χ0) is 12.2. The average Bonchev–Trinajstić information content (AvgIpc) is 2.60. The summed E-state index contributed by atoms with van der Waals surface area (Å²) in [5.74, 6) is 7.44. The molecule has 90 valence electrons. The van der Waals surface area contributed by atoms with E-state index in [0.29, 0.717) is 5.71 Å². The maximum atomic E-state index is 8.01. The molecule has 0 aliphatic carbocycles. The van der Waals surface area contributed by atoms with E-state index in [1.165, 1.54) is 11.0 Å². The lowest BCUT2D eigenvalue weighted by Gasteiger charge is -2.27. The zero-order valence-corrected chi connectivity index (χ0v) is 10.6. The second kappa shape index (κ2) is 3.29. The van der Waals surface area contributed by atoms with E-state index < -0.39 is 0 Å². The molecule has 1 aliphatic heterocycles. The minimum atomic E-state index is 0.172. The molecular weight excluding hydrogens is 236 g/mol.